The molecule has 0 bridgehead atoms. The molecule has 4 rings (SSSR count). The minimum atomic E-state index is -0.934. The van der Waals surface area contributed by atoms with Gasteiger partial charge in [-0.05, 0) is 46.9 Å². The van der Waals surface area contributed by atoms with Gasteiger partial charge >= 0.3 is 0 Å². The molecular weight excluding hydrogens is 506 g/mol. The van der Waals surface area contributed by atoms with Crippen LogP contribution in [0.2, 0.25) is 5.02 Å². The Hall–Kier alpha value is -3.97. The molecule has 1 heterocycles. The highest BCUT2D eigenvalue weighted by atomic mass is 35.5. The van der Waals surface area contributed by atoms with Crippen LogP contribution in [-0.4, -0.2) is 38.1 Å². The van der Waals surface area contributed by atoms with Crippen LogP contribution in [0.5, 0.6) is 17.2 Å². The van der Waals surface area contributed by atoms with Gasteiger partial charge in [0.2, 0.25) is 0 Å². The molecule has 8 heteroatoms. The summed E-state index contributed by atoms with van der Waals surface area (Å²) in [6.07, 6.45) is 0. The van der Waals surface area contributed by atoms with E-state index in [2.05, 4.69) is 20.8 Å². The van der Waals surface area contributed by atoms with E-state index in [1.807, 2.05) is 24.3 Å². The van der Waals surface area contributed by atoms with Crippen LogP contribution in [0.3, 0.4) is 0 Å². The number of Topliss-reactive ketones (excluding diaryl/α,β-unsaturated/α-hetero) is 1. The summed E-state index contributed by atoms with van der Waals surface area (Å²) >= 11 is 6.35. The van der Waals surface area contributed by atoms with Crippen LogP contribution in [0.25, 0.3) is 5.76 Å². The van der Waals surface area contributed by atoms with Crippen LogP contribution in [-0.2, 0) is 15.0 Å². The maximum atomic E-state index is 13.5. The van der Waals surface area contributed by atoms with Crippen molar-refractivity contribution < 1.29 is 28.9 Å². The number of aliphatic hydroxyl groups excluding tert-OH is 1. The number of methoxy groups -OCH3 is 3. The molecule has 7 nitrogen and oxygen atoms in total. The van der Waals surface area contributed by atoms with Crippen molar-refractivity contribution in [2.75, 3.05) is 26.2 Å². The van der Waals surface area contributed by atoms with Gasteiger partial charge in [0.25, 0.3) is 11.7 Å². The van der Waals surface area contributed by atoms with Crippen LogP contribution in [0.4, 0.5) is 5.69 Å². The van der Waals surface area contributed by atoms with Crippen molar-refractivity contribution in [3.8, 4) is 17.2 Å². The maximum Gasteiger partial charge on any atom is 0.300 e. The van der Waals surface area contributed by atoms with E-state index < -0.39 is 23.5 Å². The third-order valence-corrected chi connectivity index (χ3v) is 6.89. The SMILES string of the molecule is COc1cccc(C2/C(=C(\O)c3cc(Cl)c(OC)cc3OC)C(=O)C(=O)N2c2ccc(C(C)(C)C)cc2)c1. The van der Waals surface area contributed by atoms with Gasteiger partial charge in [-0.3, -0.25) is 14.5 Å². The number of hydrogen-bond acceptors (Lipinski definition) is 6. The second-order valence-electron chi connectivity index (χ2n) is 9.93. The molecular formula is C30H30ClNO6. The van der Waals surface area contributed by atoms with E-state index in [0.29, 0.717) is 22.7 Å². The Labute approximate surface area is 227 Å². The average Bonchev–Trinajstić information content (AvgIpc) is 3.17. The van der Waals surface area contributed by atoms with Crippen molar-refractivity contribution in [3.05, 3.63) is 87.9 Å². The second-order valence-corrected chi connectivity index (χ2v) is 10.3. The van der Waals surface area contributed by atoms with Crippen LogP contribution in [0.15, 0.2) is 66.2 Å². The Morgan fingerprint density at radius 3 is 2.13 bits per heavy atom. The quantitative estimate of drug-likeness (QED) is 0.227. The van der Waals surface area contributed by atoms with Gasteiger partial charge in [0, 0.05) is 11.8 Å². The molecule has 0 radical (unpaired) electrons. The number of anilines is 1. The Balaban J connectivity index is 1.97. The molecule has 1 aliphatic heterocycles. The lowest BCUT2D eigenvalue weighted by Crippen LogP contribution is -2.29. The molecule has 1 fully saturated rings. The predicted octanol–water partition coefficient (Wildman–Crippen LogP) is 6.29. The molecule has 38 heavy (non-hydrogen) atoms. The number of nitrogens with zero attached hydrogens (tertiary/aromatic N) is 1. The van der Waals surface area contributed by atoms with Crippen molar-refractivity contribution in [2.45, 2.75) is 32.2 Å². The molecule has 1 unspecified atom stereocenters. The van der Waals surface area contributed by atoms with E-state index in [4.69, 9.17) is 25.8 Å². The summed E-state index contributed by atoms with van der Waals surface area (Å²) in [5.41, 5.74) is 2.15. The zero-order valence-electron chi connectivity index (χ0n) is 22.2. The number of aliphatic hydroxyl groups is 1. The normalized spacial score (nSPS) is 17.0. The minimum absolute atomic E-state index is 0.0942. The van der Waals surface area contributed by atoms with Crippen LogP contribution >= 0.6 is 11.6 Å². The highest BCUT2D eigenvalue weighted by Crippen LogP contribution is 2.45. The molecule has 0 aliphatic carbocycles. The number of rotatable bonds is 6. The van der Waals surface area contributed by atoms with Crippen molar-refractivity contribution in [3.63, 3.8) is 0 Å². The Kier molecular flexibility index (Phi) is 7.42. The fourth-order valence-corrected chi connectivity index (χ4v) is 4.78. The third-order valence-electron chi connectivity index (χ3n) is 6.59. The summed E-state index contributed by atoms with van der Waals surface area (Å²) in [6, 6.07) is 16.6. The summed E-state index contributed by atoms with van der Waals surface area (Å²) in [6.45, 7) is 6.29. The van der Waals surface area contributed by atoms with Gasteiger partial charge in [0.05, 0.1) is 43.5 Å². The van der Waals surface area contributed by atoms with E-state index >= 15 is 0 Å². The molecule has 0 spiro atoms. The van der Waals surface area contributed by atoms with Gasteiger partial charge in [-0.2, -0.15) is 0 Å². The zero-order valence-corrected chi connectivity index (χ0v) is 22.9. The lowest BCUT2D eigenvalue weighted by Gasteiger charge is -2.27. The van der Waals surface area contributed by atoms with E-state index in [9.17, 15) is 14.7 Å². The van der Waals surface area contributed by atoms with Crippen molar-refractivity contribution >= 4 is 34.7 Å². The van der Waals surface area contributed by atoms with E-state index in [0.717, 1.165) is 5.56 Å². The molecule has 3 aromatic rings. The first-order valence-electron chi connectivity index (χ1n) is 12.0. The Morgan fingerprint density at radius 1 is 0.895 bits per heavy atom. The first-order valence-corrected chi connectivity index (χ1v) is 12.4. The molecule has 198 valence electrons. The number of ketones is 1. The first-order chi connectivity index (χ1) is 18.0. The Bertz CT molecular complexity index is 1420. The predicted molar refractivity (Wildman–Crippen MR) is 147 cm³/mol. The average molecular weight is 536 g/mol. The monoisotopic (exact) mass is 535 g/mol. The number of amides is 1. The highest BCUT2D eigenvalue weighted by Gasteiger charge is 2.47. The number of carbonyl (C=O) groups is 2. The molecule has 0 saturated carbocycles. The van der Waals surface area contributed by atoms with Gasteiger partial charge in [-0.1, -0.05) is 56.6 Å². The van der Waals surface area contributed by atoms with Gasteiger partial charge in [-0.15, -0.1) is 0 Å². The van der Waals surface area contributed by atoms with E-state index in [-0.39, 0.29) is 27.3 Å². The standard InChI is InChI=1S/C30H30ClNO6/c1-30(2,3)18-10-12-19(13-11-18)32-26(17-8-7-9-20(14-17)36-4)25(28(34)29(32)35)27(33)21-15-22(31)24(38-6)16-23(21)37-5/h7-16,26,33H,1-6H3/b27-25+. The van der Waals surface area contributed by atoms with Gasteiger partial charge in [0.15, 0.2) is 0 Å². The molecule has 3 aromatic carbocycles. The lowest BCUT2D eigenvalue weighted by atomic mass is 9.87. The third kappa shape index (κ3) is 4.82. The number of benzene rings is 3. The van der Waals surface area contributed by atoms with Gasteiger partial charge in [-0.25, -0.2) is 0 Å². The fraction of sp³-hybridized carbons (Fsp3) is 0.267. The molecule has 1 amide bonds. The van der Waals surface area contributed by atoms with Gasteiger partial charge < -0.3 is 19.3 Å². The zero-order chi connectivity index (χ0) is 27.8. The summed E-state index contributed by atoms with van der Waals surface area (Å²) in [5, 5.41) is 11.8. The maximum absolute atomic E-state index is 13.5. The molecule has 1 N–H and O–H groups in total. The summed E-state index contributed by atoms with van der Waals surface area (Å²) in [4.78, 5) is 28.4. The van der Waals surface area contributed by atoms with Crippen LogP contribution in [0.1, 0.15) is 43.5 Å². The van der Waals surface area contributed by atoms with Crippen molar-refractivity contribution in [2.24, 2.45) is 0 Å². The Morgan fingerprint density at radius 2 is 1.55 bits per heavy atom. The number of carbonyl (C=O) groups excluding carboxylic acids is 2. The molecule has 0 aromatic heterocycles. The number of hydrogen-bond donors (Lipinski definition) is 1. The van der Waals surface area contributed by atoms with Crippen molar-refractivity contribution in [1.82, 2.24) is 0 Å². The lowest BCUT2D eigenvalue weighted by molar-refractivity contribution is -0.132. The second kappa shape index (κ2) is 10.4. The minimum Gasteiger partial charge on any atom is -0.507 e. The highest BCUT2D eigenvalue weighted by molar-refractivity contribution is 6.51. The number of halogens is 1. The fourth-order valence-electron chi connectivity index (χ4n) is 4.54. The molecule has 1 atom stereocenters. The van der Waals surface area contributed by atoms with Gasteiger partial charge in [0.1, 0.15) is 23.0 Å². The molecule has 1 aliphatic rings. The largest absolute Gasteiger partial charge is 0.507 e. The smallest absolute Gasteiger partial charge is 0.300 e. The van der Waals surface area contributed by atoms with Crippen molar-refractivity contribution in [1.29, 1.82) is 0 Å². The summed E-state index contributed by atoms with van der Waals surface area (Å²) in [7, 11) is 4.42. The number of ether oxygens (including phenoxy) is 3. The summed E-state index contributed by atoms with van der Waals surface area (Å²) < 4.78 is 16.1. The van der Waals surface area contributed by atoms with Crippen LogP contribution in [0, 0.1) is 0 Å². The first kappa shape index (κ1) is 27.1. The van der Waals surface area contributed by atoms with E-state index in [1.165, 1.54) is 38.4 Å². The summed E-state index contributed by atoms with van der Waals surface area (Å²) in [5.74, 6) is -0.893. The topological polar surface area (TPSA) is 85.3 Å². The van der Waals surface area contributed by atoms with Crippen LogP contribution < -0.4 is 19.1 Å². The van der Waals surface area contributed by atoms with E-state index in [1.54, 1.807) is 24.3 Å². The molecule has 1 saturated heterocycles.